The van der Waals surface area contributed by atoms with Crippen LogP contribution >= 0.6 is 11.6 Å². The van der Waals surface area contributed by atoms with Crippen molar-refractivity contribution in [2.75, 3.05) is 26.2 Å². The quantitative estimate of drug-likeness (QED) is 0.826. The van der Waals surface area contributed by atoms with E-state index < -0.39 is 11.7 Å². The van der Waals surface area contributed by atoms with Crippen LogP contribution in [0.4, 0.5) is 13.2 Å². The summed E-state index contributed by atoms with van der Waals surface area (Å²) in [4.78, 5) is 2.28. The van der Waals surface area contributed by atoms with Gasteiger partial charge in [0.2, 0.25) is 0 Å². The Bertz CT molecular complexity index is 511. The maximum absolute atomic E-state index is 13.1. The van der Waals surface area contributed by atoms with Crippen LogP contribution < -0.4 is 5.32 Å². The number of nitrogens with one attached hydrogen (secondary N) is 1. The van der Waals surface area contributed by atoms with E-state index in [4.69, 9.17) is 11.6 Å². The molecular weight excluding hydrogens is 325 g/mol. The number of benzene rings is 1. The molecule has 1 fully saturated rings. The summed E-state index contributed by atoms with van der Waals surface area (Å²) in [6, 6.07) is 4.36. The minimum Gasteiger partial charge on any atom is -0.314 e. The zero-order valence-corrected chi connectivity index (χ0v) is 14.3. The summed E-state index contributed by atoms with van der Waals surface area (Å²) in [5, 5.41) is 3.06. The third kappa shape index (κ3) is 5.10. The number of rotatable bonds is 5. The number of alkyl halides is 3. The second kappa shape index (κ2) is 7.86. The summed E-state index contributed by atoms with van der Waals surface area (Å²) in [7, 11) is 0. The third-order valence-electron chi connectivity index (χ3n) is 4.29. The van der Waals surface area contributed by atoms with Crippen LogP contribution in [0.25, 0.3) is 0 Å². The molecule has 1 heterocycles. The number of hydrogen-bond donors (Lipinski definition) is 1. The van der Waals surface area contributed by atoms with Crippen LogP contribution in [0.1, 0.15) is 43.9 Å². The molecule has 1 saturated heterocycles. The maximum Gasteiger partial charge on any atom is 0.417 e. The van der Waals surface area contributed by atoms with E-state index in [0.29, 0.717) is 11.5 Å². The van der Waals surface area contributed by atoms with Crippen LogP contribution in [0.2, 0.25) is 5.02 Å². The molecule has 23 heavy (non-hydrogen) atoms. The molecule has 0 aromatic heterocycles. The highest BCUT2D eigenvalue weighted by Crippen LogP contribution is 2.38. The lowest BCUT2D eigenvalue weighted by Gasteiger charge is -2.36. The first-order valence-corrected chi connectivity index (χ1v) is 8.48. The fourth-order valence-corrected chi connectivity index (χ4v) is 3.24. The molecule has 0 bridgehead atoms. The van der Waals surface area contributed by atoms with E-state index >= 15 is 0 Å². The fourth-order valence-electron chi connectivity index (χ4n) is 3.01. The number of piperazine rings is 1. The molecule has 1 aromatic rings. The van der Waals surface area contributed by atoms with E-state index in [2.05, 4.69) is 24.1 Å². The van der Waals surface area contributed by atoms with E-state index in [1.807, 2.05) is 0 Å². The zero-order valence-electron chi connectivity index (χ0n) is 13.6. The lowest BCUT2D eigenvalue weighted by atomic mass is 9.94. The average molecular weight is 349 g/mol. The molecule has 1 aliphatic heterocycles. The molecule has 0 saturated carbocycles. The lowest BCUT2D eigenvalue weighted by molar-refractivity contribution is -0.137. The van der Waals surface area contributed by atoms with Gasteiger partial charge in [-0.15, -0.1) is 0 Å². The van der Waals surface area contributed by atoms with Gasteiger partial charge in [-0.2, -0.15) is 13.2 Å². The minimum atomic E-state index is -4.42. The van der Waals surface area contributed by atoms with Crippen LogP contribution in [-0.2, 0) is 6.18 Å². The highest BCUT2D eigenvalue weighted by atomic mass is 35.5. The summed E-state index contributed by atoms with van der Waals surface area (Å²) in [6.07, 6.45) is -2.58. The maximum atomic E-state index is 13.1. The summed E-state index contributed by atoms with van der Waals surface area (Å²) in [6.45, 7) is 7.73. The van der Waals surface area contributed by atoms with Crippen LogP contribution in [-0.4, -0.2) is 31.1 Å². The molecule has 1 atom stereocenters. The minimum absolute atomic E-state index is 0.0119. The van der Waals surface area contributed by atoms with Crippen molar-refractivity contribution in [2.45, 2.75) is 38.9 Å². The first kappa shape index (κ1) is 18.6. The molecule has 1 aliphatic rings. The molecule has 130 valence electrons. The van der Waals surface area contributed by atoms with Gasteiger partial charge in [-0.3, -0.25) is 4.90 Å². The van der Waals surface area contributed by atoms with Crippen molar-refractivity contribution in [3.8, 4) is 0 Å². The van der Waals surface area contributed by atoms with Gasteiger partial charge in [0.25, 0.3) is 0 Å². The largest absolute Gasteiger partial charge is 0.417 e. The van der Waals surface area contributed by atoms with Gasteiger partial charge in [-0.1, -0.05) is 31.5 Å². The molecule has 1 aromatic carbocycles. The number of nitrogens with zero attached hydrogens (tertiary/aromatic N) is 1. The summed E-state index contributed by atoms with van der Waals surface area (Å²) in [5.41, 5.74) is -0.0226. The first-order chi connectivity index (χ1) is 10.8. The van der Waals surface area contributed by atoms with Crippen molar-refractivity contribution in [3.05, 3.63) is 34.3 Å². The molecule has 6 heteroatoms. The Hall–Kier alpha value is -0.780. The highest BCUT2D eigenvalue weighted by molar-refractivity contribution is 6.31. The van der Waals surface area contributed by atoms with Crippen molar-refractivity contribution in [2.24, 2.45) is 5.92 Å². The Labute approximate surface area is 141 Å². The Morgan fingerprint density at radius 3 is 2.39 bits per heavy atom. The predicted octanol–water partition coefficient (Wildman–Crippen LogP) is 4.74. The molecule has 2 rings (SSSR count). The van der Waals surface area contributed by atoms with Gasteiger partial charge >= 0.3 is 6.18 Å². The Morgan fingerprint density at radius 1 is 1.17 bits per heavy atom. The molecule has 0 aliphatic carbocycles. The van der Waals surface area contributed by atoms with E-state index in [1.165, 1.54) is 12.1 Å². The summed E-state index contributed by atoms with van der Waals surface area (Å²) >= 11 is 5.76. The van der Waals surface area contributed by atoms with Gasteiger partial charge in [0, 0.05) is 32.2 Å². The van der Waals surface area contributed by atoms with Gasteiger partial charge in [-0.25, -0.2) is 0 Å². The normalized spacial score (nSPS) is 18.4. The second-order valence-corrected chi connectivity index (χ2v) is 6.92. The van der Waals surface area contributed by atoms with Gasteiger partial charge in [0.15, 0.2) is 0 Å². The molecule has 0 amide bonds. The van der Waals surface area contributed by atoms with E-state index in [9.17, 15) is 13.2 Å². The van der Waals surface area contributed by atoms with Crippen LogP contribution in [0, 0.1) is 5.92 Å². The van der Waals surface area contributed by atoms with Crippen LogP contribution in [0.3, 0.4) is 0 Å². The predicted molar refractivity (Wildman–Crippen MR) is 87.7 cm³/mol. The van der Waals surface area contributed by atoms with Gasteiger partial charge in [0.1, 0.15) is 0 Å². The second-order valence-electron chi connectivity index (χ2n) is 6.51. The number of halogens is 4. The van der Waals surface area contributed by atoms with E-state index in [-0.39, 0.29) is 11.1 Å². The SMILES string of the molecule is CC(C)CC[C@@H](c1ccc(Cl)c(C(F)(F)F)c1)N1CCNCC1. The lowest BCUT2D eigenvalue weighted by Crippen LogP contribution is -2.45. The monoisotopic (exact) mass is 348 g/mol. The van der Waals surface area contributed by atoms with Crippen molar-refractivity contribution >= 4 is 11.6 Å². The summed E-state index contributed by atoms with van der Waals surface area (Å²) < 4.78 is 39.4. The standard InChI is InChI=1S/C17H24ClF3N2/c1-12(2)3-6-16(23-9-7-22-8-10-23)13-4-5-15(18)14(11-13)17(19,20)21/h4-5,11-12,16,22H,3,6-10H2,1-2H3/t16-/m0/s1. The van der Waals surface area contributed by atoms with Crippen LogP contribution in [0.15, 0.2) is 18.2 Å². The van der Waals surface area contributed by atoms with Gasteiger partial charge < -0.3 is 5.32 Å². The van der Waals surface area contributed by atoms with Crippen molar-refractivity contribution < 1.29 is 13.2 Å². The fraction of sp³-hybridized carbons (Fsp3) is 0.647. The zero-order chi connectivity index (χ0) is 17.0. The molecule has 2 nitrogen and oxygen atoms in total. The molecule has 0 unspecified atom stereocenters. The molecular formula is C17H24ClF3N2. The molecule has 0 radical (unpaired) electrons. The Morgan fingerprint density at radius 2 is 1.83 bits per heavy atom. The van der Waals surface area contributed by atoms with E-state index in [0.717, 1.165) is 39.0 Å². The highest BCUT2D eigenvalue weighted by Gasteiger charge is 2.34. The van der Waals surface area contributed by atoms with Gasteiger partial charge in [0.05, 0.1) is 10.6 Å². The summed E-state index contributed by atoms with van der Waals surface area (Å²) in [5.74, 6) is 0.523. The van der Waals surface area contributed by atoms with Crippen LogP contribution in [0.5, 0.6) is 0 Å². The molecule has 1 N–H and O–H groups in total. The topological polar surface area (TPSA) is 15.3 Å². The van der Waals surface area contributed by atoms with Crippen molar-refractivity contribution in [3.63, 3.8) is 0 Å². The third-order valence-corrected chi connectivity index (χ3v) is 4.62. The van der Waals surface area contributed by atoms with Crippen molar-refractivity contribution in [1.82, 2.24) is 10.2 Å². The average Bonchev–Trinajstić information content (AvgIpc) is 2.48. The molecule has 0 spiro atoms. The van der Waals surface area contributed by atoms with Gasteiger partial charge in [-0.05, 0) is 36.5 Å². The van der Waals surface area contributed by atoms with E-state index in [1.54, 1.807) is 6.07 Å². The Balaban J connectivity index is 2.30. The smallest absolute Gasteiger partial charge is 0.314 e. The first-order valence-electron chi connectivity index (χ1n) is 8.10. The Kier molecular flexibility index (Phi) is 6.34. The number of hydrogen-bond acceptors (Lipinski definition) is 2. The van der Waals surface area contributed by atoms with Crippen molar-refractivity contribution in [1.29, 1.82) is 0 Å².